The van der Waals surface area contributed by atoms with E-state index in [1.807, 2.05) is 78.9 Å². The van der Waals surface area contributed by atoms with E-state index in [-0.39, 0.29) is 53.5 Å². The third-order valence-corrected chi connectivity index (χ3v) is 12.0. The van der Waals surface area contributed by atoms with Crippen LogP contribution in [0.4, 0.5) is 5.69 Å². The van der Waals surface area contributed by atoms with Crippen LogP contribution >= 0.6 is 22.6 Å². The van der Waals surface area contributed by atoms with Crippen molar-refractivity contribution in [1.29, 1.82) is 0 Å². The van der Waals surface area contributed by atoms with Crippen molar-refractivity contribution in [2.75, 3.05) is 19.1 Å². The number of ether oxygens (including phenoxy) is 2. The van der Waals surface area contributed by atoms with Gasteiger partial charge in [-0.15, -0.1) is 0 Å². The number of aromatic hydroxyl groups is 1. The van der Waals surface area contributed by atoms with Crippen LogP contribution in [0, 0.1) is 27.2 Å². The summed E-state index contributed by atoms with van der Waals surface area (Å²) in [5, 5.41) is 10.7. The molecule has 4 aromatic rings. The topological polar surface area (TPSA) is 110 Å². The fraction of sp³-hybridized carbons (Fsp3) is 0.238. The predicted octanol–water partition coefficient (Wildman–Crippen LogP) is 7.04. The van der Waals surface area contributed by atoms with Gasteiger partial charge in [0.05, 0.1) is 37.2 Å². The largest absolute Gasteiger partial charge is 0.508 e. The Bertz CT molecular complexity index is 2140. The van der Waals surface area contributed by atoms with E-state index in [4.69, 9.17) is 9.47 Å². The molecule has 8 rings (SSSR count). The number of benzene rings is 4. The standard InChI is InChI=1S/C42H34INO7/c1-50-33-19-27(45)20-34(51-2)37(33)38-28-17-18-29-36(41(49)44(40(29)48)26-15-13-25(43)14-16-26)31(28)21-32-39(47)30(23-9-5-3-6-10-23)22-35(46)42(32,38)24-11-7-4-8-12-24/h3-17,19-20,22,29,31-32,36,38,45H,18,21H2,1-2H3. The number of anilines is 1. The van der Waals surface area contributed by atoms with Crippen LogP contribution in [0.1, 0.15) is 35.4 Å². The van der Waals surface area contributed by atoms with Crippen molar-refractivity contribution in [3.63, 3.8) is 0 Å². The van der Waals surface area contributed by atoms with Crippen molar-refractivity contribution in [3.05, 3.63) is 135 Å². The lowest BCUT2D eigenvalue weighted by atomic mass is 9.44. The molecule has 0 radical (unpaired) electrons. The zero-order chi connectivity index (χ0) is 35.6. The number of fused-ring (bicyclic) bond motifs is 4. The van der Waals surface area contributed by atoms with Gasteiger partial charge < -0.3 is 14.6 Å². The molecule has 4 aromatic carbocycles. The highest BCUT2D eigenvalue weighted by Gasteiger charge is 2.66. The summed E-state index contributed by atoms with van der Waals surface area (Å²) in [6, 6.07) is 28.7. The summed E-state index contributed by atoms with van der Waals surface area (Å²) < 4.78 is 12.8. The molecule has 6 atom stereocenters. The van der Waals surface area contributed by atoms with Crippen molar-refractivity contribution >= 4 is 57.2 Å². The number of carbonyl (C=O) groups excluding carboxylic acids is 4. The van der Waals surface area contributed by atoms with Crippen LogP contribution in [-0.4, -0.2) is 42.7 Å². The Kier molecular flexibility index (Phi) is 8.21. The van der Waals surface area contributed by atoms with Crippen molar-refractivity contribution in [3.8, 4) is 17.2 Å². The number of hydrogen-bond donors (Lipinski definition) is 1. The number of carbonyl (C=O) groups is 4. The van der Waals surface area contributed by atoms with Crippen LogP contribution < -0.4 is 14.4 Å². The van der Waals surface area contributed by atoms with E-state index in [0.717, 1.165) is 9.14 Å². The molecule has 256 valence electrons. The Morgan fingerprint density at radius 1 is 0.804 bits per heavy atom. The molecule has 2 fully saturated rings. The van der Waals surface area contributed by atoms with E-state index in [1.165, 1.54) is 37.3 Å². The molecule has 1 aliphatic heterocycles. The Morgan fingerprint density at radius 3 is 2.06 bits per heavy atom. The number of hydrogen-bond acceptors (Lipinski definition) is 7. The summed E-state index contributed by atoms with van der Waals surface area (Å²) in [5.41, 5.74) is 1.91. The summed E-state index contributed by atoms with van der Waals surface area (Å²) >= 11 is 2.18. The average molecular weight is 792 g/mol. The Morgan fingerprint density at radius 2 is 1.43 bits per heavy atom. The van der Waals surface area contributed by atoms with E-state index in [1.54, 1.807) is 12.1 Å². The molecule has 8 nitrogen and oxygen atoms in total. The number of allylic oxidation sites excluding steroid dienone is 4. The van der Waals surface area contributed by atoms with Gasteiger partial charge in [0.25, 0.3) is 0 Å². The minimum absolute atomic E-state index is 0.0927. The van der Waals surface area contributed by atoms with Crippen molar-refractivity contribution < 1.29 is 33.8 Å². The van der Waals surface area contributed by atoms with Gasteiger partial charge in [-0.3, -0.25) is 24.1 Å². The first kappa shape index (κ1) is 33.1. The minimum atomic E-state index is -1.47. The highest BCUT2D eigenvalue weighted by Crippen LogP contribution is 2.65. The number of amides is 2. The lowest BCUT2D eigenvalue weighted by molar-refractivity contribution is -0.135. The number of methoxy groups -OCH3 is 2. The number of phenolic OH excluding ortho intramolecular Hbond substituents is 1. The van der Waals surface area contributed by atoms with Gasteiger partial charge in [-0.1, -0.05) is 72.3 Å². The maximum absolute atomic E-state index is 15.3. The molecule has 1 saturated heterocycles. The molecule has 3 aliphatic carbocycles. The van der Waals surface area contributed by atoms with E-state index >= 15 is 9.59 Å². The van der Waals surface area contributed by atoms with Gasteiger partial charge in [0.15, 0.2) is 11.6 Å². The molecule has 2 amide bonds. The summed E-state index contributed by atoms with van der Waals surface area (Å²) in [6.07, 6.45) is 3.93. The van der Waals surface area contributed by atoms with Gasteiger partial charge in [-0.25, -0.2) is 0 Å². The van der Waals surface area contributed by atoms with Gasteiger partial charge in [0, 0.05) is 38.7 Å². The minimum Gasteiger partial charge on any atom is -0.508 e. The van der Waals surface area contributed by atoms with Crippen molar-refractivity contribution in [1.82, 2.24) is 0 Å². The highest BCUT2D eigenvalue weighted by molar-refractivity contribution is 14.1. The monoisotopic (exact) mass is 791 g/mol. The first-order valence-electron chi connectivity index (χ1n) is 16.9. The highest BCUT2D eigenvalue weighted by atomic mass is 127. The van der Waals surface area contributed by atoms with Crippen LogP contribution in [0.25, 0.3) is 5.57 Å². The Hall–Kier alpha value is -5.03. The third kappa shape index (κ3) is 4.92. The number of rotatable bonds is 6. The predicted molar refractivity (Wildman–Crippen MR) is 199 cm³/mol. The van der Waals surface area contributed by atoms with Crippen LogP contribution in [0.2, 0.25) is 0 Å². The Labute approximate surface area is 308 Å². The second-order valence-electron chi connectivity index (χ2n) is 13.5. The number of ketones is 2. The second kappa shape index (κ2) is 12.6. The van der Waals surface area contributed by atoms with Crippen LogP contribution in [0.15, 0.2) is 115 Å². The number of Topliss-reactive ketones (excluding diaryl/α,β-unsaturated/α-hetero) is 1. The number of phenols is 1. The molecule has 51 heavy (non-hydrogen) atoms. The fourth-order valence-corrected chi connectivity index (χ4v) is 9.60. The molecule has 1 heterocycles. The third-order valence-electron chi connectivity index (χ3n) is 11.3. The quantitative estimate of drug-likeness (QED) is 0.127. The summed E-state index contributed by atoms with van der Waals surface area (Å²) in [4.78, 5) is 60.4. The first-order chi connectivity index (χ1) is 24.7. The first-order valence-corrected chi connectivity index (χ1v) is 18.0. The normalized spacial score (nSPS) is 26.9. The fourth-order valence-electron chi connectivity index (χ4n) is 9.24. The molecule has 0 aromatic heterocycles. The molecule has 0 bridgehead atoms. The number of halogens is 1. The van der Waals surface area contributed by atoms with Crippen LogP contribution in [0.3, 0.4) is 0 Å². The lowest BCUT2D eigenvalue weighted by Crippen LogP contribution is -2.59. The molecular weight excluding hydrogens is 757 g/mol. The van der Waals surface area contributed by atoms with Crippen LogP contribution in [-0.2, 0) is 24.6 Å². The molecule has 1 saturated carbocycles. The molecule has 9 heteroatoms. The van der Waals surface area contributed by atoms with Crippen molar-refractivity contribution in [2.24, 2.45) is 23.7 Å². The molecule has 4 aliphatic rings. The summed E-state index contributed by atoms with van der Waals surface area (Å²) in [7, 11) is 2.96. The van der Waals surface area contributed by atoms with Gasteiger partial charge in [0.1, 0.15) is 17.2 Å². The SMILES string of the molecule is COc1cc(O)cc(OC)c1C1C2=CCC3C(=O)N(c4ccc(I)cc4)C(=O)C3C2CC2C(=O)C(c3ccccc3)=CC(=O)C21c1ccccc1. The lowest BCUT2D eigenvalue weighted by Gasteiger charge is -2.55. The molecule has 6 unspecified atom stereocenters. The van der Waals surface area contributed by atoms with Crippen molar-refractivity contribution in [2.45, 2.75) is 24.2 Å². The van der Waals surface area contributed by atoms with Gasteiger partial charge >= 0.3 is 0 Å². The summed E-state index contributed by atoms with van der Waals surface area (Å²) in [6.45, 7) is 0. The second-order valence-corrected chi connectivity index (χ2v) is 14.8. The van der Waals surface area contributed by atoms with Crippen LogP contribution in [0.5, 0.6) is 17.2 Å². The smallest absolute Gasteiger partial charge is 0.238 e. The maximum atomic E-state index is 15.3. The van der Waals surface area contributed by atoms with E-state index in [9.17, 15) is 14.7 Å². The van der Waals surface area contributed by atoms with Gasteiger partial charge in [-0.2, -0.15) is 0 Å². The van der Waals surface area contributed by atoms with E-state index in [2.05, 4.69) is 22.6 Å². The number of nitrogens with zero attached hydrogens (tertiary/aromatic N) is 1. The van der Waals surface area contributed by atoms with E-state index < -0.39 is 35.0 Å². The van der Waals surface area contributed by atoms with Gasteiger partial charge in [-0.05, 0) is 82.8 Å². The molecular formula is C42H34INO7. The maximum Gasteiger partial charge on any atom is 0.238 e. The van der Waals surface area contributed by atoms with E-state index in [0.29, 0.717) is 28.0 Å². The molecule has 0 spiro atoms. The molecule has 1 N–H and O–H groups in total. The number of imide groups is 1. The Balaban J connectivity index is 1.40. The zero-order valence-corrected chi connectivity index (χ0v) is 30.1. The average Bonchev–Trinajstić information content (AvgIpc) is 3.41. The summed E-state index contributed by atoms with van der Waals surface area (Å²) in [5.74, 6) is -4.29. The zero-order valence-electron chi connectivity index (χ0n) is 27.9. The van der Waals surface area contributed by atoms with Gasteiger partial charge in [0.2, 0.25) is 11.8 Å².